The molecular formula is C12H18BrClN2S. The third kappa shape index (κ3) is 3.44. The van der Waals surface area contributed by atoms with E-state index < -0.39 is 0 Å². The first kappa shape index (κ1) is 13.8. The highest BCUT2D eigenvalue weighted by molar-refractivity contribution is 9.11. The fraction of sp³-hybridized carbons (Fsp3) is 0.667. The zero-order valence-electron chi connectivity index (χ0n) is 9.69. The van der Waals surface area contributed by atoms with Gasteiger partial charge in [-0.05, 0) is 52.2 Å². The summed E-state index contributed by atoms with van der Waals surface area (Å²) in [4.78, 5) is 2.60. The molecule has 2 unspecified atom stereocenters. The zero-order valence-corrected chi connectivity index (χ0v) is 12.9. The van der Waals surface area contributed by atoms with Gasteiger partial charge in [0, 0.05) is 31.7 Å². The summed E-state index contributed by atoms with van der Waals surface area (Å²) in [6, 6.07) is 3.79. The summed E-state index contributed by atoms with van der Waals surface area (Å²) in [6.07, 6.45) is 4.08. The molecule has 2 atom stereocenters. The summed E-state index contributed by atoms with van der Waals surface area (Å²) in [5.41, 5.74) is 1.45. The molecule has 0 spiro atoms. The molecule has 1 N–H and O–H groups in total. The first-order valence-corrected chi connectivity index (χ1v) is 7.68. The summed E-state index contributed by atoms with van der Waals surface area (Å²) in [7, 11) is 0. The molecule has 0 radical (unpaired) electrons. The Morgan fingerprint density at radius 1 is 1.35 bits per heavy atom. The van der Waals surface area contributed by atoms with E-state index in [2.05, 4.69) is 37.6 Å². The molecule has 96 valence electrons. The van der Waals surface area contributed by atoms with E-state index in [1.807, 2.05) is 0 Å². The number of nitrogens with one attached hydrogen (secondary N) is 1. The van der Waals surface area contributed by atoms with E-state index in [-0.39, 0.29) is 12.4 Å². The smallest absolute Gasteiger partial charge is 0.0701 e. The third-order valence-corrected chi connectivity index (χ3v) is 5.19. The molecule has 1 aromatic rings. The molecular weight excluding hydrogens is 320 g/mol. The summed E-state index contributed by atoms with van der Waals surface area (Å²) < 4.78 is 1.25. The lowest BCUT2D eigenvalue weighted by atomic mass is 10.1. The Bertz CT molecular complexity index is 371. The lowest BCUT2D eigenvalue weighted by Crippen LogP contribution is -2.34. The maximum atomic E-state index is 3.73. The standard InChI is InChI=1S/C12H17BrN2S.ClH/c13-12-5-9(8-16-12)6-15-4-3-10-1-2-11(7-15)14-10;/h5,8,10-11,14H,1-4,6-7H2;1H. The number of hydrogen-bond acceptors (Lipinski definition) is 3. The average Bonchev–Trinajstić information content (AvgIpc) is 2.77. The van der Waals surface area contributed by atoms with Crippen molar-refractivity contribution < 1.29 is 0 Å². The topological polar surface area (TPSA) is 15.3 Å². The highest BCUT2D eigenvalue weighted by Gasteiger charge is 2.29. The second-order valence-electron chi connectivity index (χ2n) is 4.92. The summed E-state index contributed by atoms with van der Waals surface area (Å²) in [6.45, 7) is 3.60. The number of fused-ring (bicyclic) bond motifs is 2. The highest BCUT2D eigenvalue weighted by atomic mass is 79.9. The van der Waals surface area contributed by atoms with Crippen LogP contribution < -0.4 is 5.32 Å². The molecule has 0 saturated carbocycles. The average molecular weight is 338 g/mol. The number of nitrogens with zero attached hydrogens (tertiary/aromatic N) is 1. The maximum absolute atomic E-state index is 3.73. The van der Waals surface area contributed by atoms with Crippen LogP contribution >= 0.6 is 39.7 Å². The Hall–Kier alpha value is 0.390. The van der Waals surface area contributed by atoms with E-state index >= 15 is 0 Å². The molecule has 0 aliphatic carbocycles. The van der Waals surface area contributed by atoms with Gasteiger partial charge in [0.1, 0.15) is 0 Å². The van der Waals surface area contributed by atoms with Gasteiger partial charge in [0.05, 0.1) is 3.79 Å². The van der Waals surface area contributed by atoms with Crippen LogP contribution in [-0.2, 0) is 6.54 Å². The van der Waals surface area contributed by atoms with Crippen LogP contribution in [0, 0.1) is 0 Å². The van der Waals surface area contributed by atoms with Crippen LogP contribution in [-0.4, -0.2) is 30.1 Å². The van der Waals surface area contributed by atoms with Gasteiger partial charge in [-0.15, -0.1) is 23.7 Å². The van der Waals surface area contributed by atoms with Crippen LogP contribution in [0.1, 0.15) is 24.8 Å². The predicted molar refractivity (Wildman–Crippen MR) is 79.1 cm³/mol. The van der Waals surface area contributed by atoms with Gasteiger partial charge in [-0.1, -0.05) is 0 Å². The molecule has 2 saturated heterocycles. The van der Waals surface area contributed by atoms with Crippen molar-refractivity contribution in [3.8, 4) is 0 Å². The molecule has 2 nitrogen and oxygen atoms in total. The molecule has 17 heavy (non-hydrogen) atoms. The van der Waals surface area contributed by atoms with Gasteiger partial charge in [0.15, 0.2) is 0 Å². The first-order valence-electron chi connectivity index (χ1n) is 6.01. The van der Waals surface area contributed by atoms with Crippen LogP contribution in [0.2, 0.25) is 0 Å². The number of thiophene rings is 1. The second-order valence-corrected chi connectivity index (χ2v) is 7.21. The molecule has 3 rings (SSSR count). The van der Waals surface area contributed by atoms with Crippen LogP contribution in [0.15, 0.2) is 15.2 Å². The molecule has 2 bridgehead atoms. The van der Waals surface area contributed by atoms with Crippen molar-refractivity contribution in [2.45, 2.75) is 37.9 Å². The molecule has 3 heterocycles. The molecule has 1 aromatic heterocycles. The highest BCUT2D eigenvalue weighted by Crippen LogP contribution is 2.24. The molecule has 2 aliphatic heterocycles. The van der Waals surface area contributed by atoms with Crippen molar-refractivity contribution in [2.75, 3.05) is 13.1 Å². The minimum absolute atomic E-state index is 0. The van der Waals surface area contributed by atoms with Crippen LogP contribution in [0.4, 0.5) is 0 Å². The molecule has 5 heteroatoms. The van der Waals surface area contributed by atoms with Gasteiger partial charge >= 0.3 is 0 Å². The number of halogens is 2. The van der Waals surface area contributed by atoms with Crippen molar-refractivity contribution in [2.24, 2.45) is 0 Å². The molecule has 2 fully saturated rings. The van der Waals surface area contributed by atoms with E-state index in [9.17, 15) is 0 Å². The van der Waals surface area contributed by atoms with Crippen LogP contribution in [0.25, 0.3) is 0 Å². The summed E-state index contributed by atoms with van der Waals surface area (Å²) >= 11 is 5.32. The molecule has 0 aromatic carbocycles. The summed E-state index contributed by atoms with van der Waals surface area (Å²) in [5.74, 6) is 0. The minimum Gasteiger partial charge on any atom is -0.310 e. The van der Waals surface area contributed by atoms with Gasteiger partial charge in [-0.2, -0.15) is 0 Å². The molecule has 2 aliphatic rings. The Balaban J connectivity index is 0.00000108. The van der Waals surface area contributed by atoms with Crippen molar-refractivity contribution in [1.29, 1.82) is 0 Å². The quantitative estimate of drug-likeness (QED) is 0.891. The normalized spacial score (nSPS) is 28.8. The zero-order chi connectivity index (χ0) is 11.0. The SMILES string of the molecule is Brc1cc(CN2CCC3CCC(C2)N3)cs1.Cl. The van der Waals surface area contributed by atoms with Gasteiger partial charge in [0.25, 0.3) is 0 Å². The van der Waals surface area contributed by atoms with Crippen molar-refractivity contribution in [3.05, 3.63) is 20.8 Å². The van der Waals surface area contributed by atoms with Crippen molar-refractivity contribution in [1.82, 2.24) is 10.2 Å². The summed E-state index contributed by atoms with van der Waals surface area (Å²) in [5, 5.41) is 5.99. The first-order chi connectivity index (χ1) is 7.79. The minimum atomic E-state index is 0. The third-order valence-electron chi connectivity index (χ3n) is 3.64. The molecule has 0 amide bonds. The number of hydrogen-bond donors (Lipinski definition) is 1. The van der Waals surface area contributed by atoms with E-state index in [1.165, 1.54) is 41.7 Å². The van der Waals surface area contributed by atoms with E-state index in [1.54, 1.807) is 11.3 Å². The maximum Gasteiger partial charge on any atom is 0.0701 e. The Kier molecular flexibility index (Phi) is 4.89. The second kappa shape index (κ2) is 6.02. The van der Waals surface area contributed by atoms with Crippen LogP contribution in [0.5, 0.6) is 0 Å². The van der Waals surface area contributed by atoms with Gasteiger partial charge in [-0.3, -0.25) is 4.90 Å². The van der Waals surface area contributed by atoms with Gasteiger partial charge in [-0.25, -0.2) is 0 Å². The number of likely N-dealkylation sites (tertiary alicyclic amines) is 1. The van der Waals surface area contributed by atoms with Gasteiger partial charge < -0.3 is 5.32 Å². The lowest BCUT2D eigenvalue weighted by Gasteiger charge is -2.23. The fourth-order valence-corrected chi connectivity index (χ4v) is 4.05. The van der Waals surface area contributed by atoms with Gasteiger partial charge in [0.2, 0.25) is 0 Å². The van der Waals surface area contributed by atoms with Crippen molar-refractivity contribution >= 4 is 39.7 Å². The van der Waals surface area contributed by atoms with E-state index in [4.69, 9.17) is 0 Å². The lowest BCUT2D eigenvalue weighted by molar-refractivity contribution is 0.251. The van der Waals surface area contributed by atoms with E-state index in [0.717, 1.165) is 18.6 Å². The fourth-order valence-electron chi connectivity index (χ4n) is 2.85. The number of rotatable bonds is 2. The predicted octanol–water partition coefficient (Wildman–Crippen LogP) is 3.26. The van der Waals surface area contributed by atoms with E-state index in [0.29, 0.717) is 0 Å². The monoisotopic (exact) mass is 336 g/mol. The Morgan fingerprint density at radius 3 is 2.94 bits per heavy atom. The Labute approximate surface area is 121 Å². The van der Waals surface area contributed by atoms with Crippen LogP contribution in [0.3, 0.4) is 0 Å². The Morgan fingerprint density at radius 2 is 2.18 bits per heavy atom. The largest absolute Gasteiger partial charge is 0.310 e. The van der Waals surface area contributed by atoms with Crippen molar-refractivity contribution in [3.63, 3.8) is 0 Å².